The average Bonchev–Trinajstić information content (AvgIpc) is 2.86. The number of nitrogens with zero attached hydrogens (tertiary/aromatic N) is 1. The Hall–Kier alpha value is -2.41. The number of thiazole rings is 1. The SMILES string of the molecule is CC(=O)Nc1cccc(NC(=O)Nc2ncc(C(C)C)s2)c1. The van der Waals surface area contributed by atoms with Crippen LogP contribution < -0.4 is 16.0 Å². The van der Waals surface area contributed by atoms with Gasteiger partial charge >= 0.3 is 6.03 Å². The van der Waals surface area contributed by atoms with Crippen molar-refractivity contribution in [3.8, 4) is 0 Å². The largest absolute Gasteiger partial charge is 0.326 e. The molecule has 0 bridgehead atoms. The molecule has 1 aromatic carbocycles. The highest BCUT2D eigenvalue weighted by Crippen LogP contribution is 2.25. The summed E-state index contributed by atoms with van der Waals surface area (Å²) in [4.78, 5) is 28.3. The van der Waals surface area contributed by atoms with E-state index >= 15 is 0 Å². The summed E-state index contributed by atoms with van der Waals surface area (Å²) in [6.45, 7) is 5.58. The molecule has 0 atom stereocenters. The topological polar surface area (TPSA) is 83.1 Å². The van der Waals surface area contributed by atoms with E-state index in [4.69, 9.17) is 0 Å². The van der Waals surface area contributed by atoms with E-state index in [-0.39, 0.29) is 11.9 Å². The van der Waals surface area contributed by atoms with Crippen molar-refractivity contribution in [2.24, 2.45) is 0 Å². The molecule has 0 aliphatic carbocycles. The highest BCUT2D eigenvalue weighted by atomic mass is 32.1. The molecule has 0 saturated carbocycles. The normalized spacial score (nSPS) is 10.4. The van der Waals surface area contributed by atoms with Gasteiger partial charge in [-0.15, -0.1) is 11.3 Å². The number of nitrogens with one attached hydrogen (secondary N) is 3. The van der Waals surface area contributed by atoms with E-state index in [0.29, 0.717) is 22.4 Å². The van der Waals surface area contributed by atoms with Gasteiger partial charge in [0.15, 0.2) is 5.13 Å². The minimum atomic E-state index is -0.371. The van der Waals surface area contributed by atoms with E-state index in [0.717, 1.165) is 4.88 Å². The first-order valence-corrected chi connectivity index (χ1v) is 7.67. The van der Waals surface area contributed by atoms with Gasteiger partial charge in [-0.3, -0.25) is 10.1 Å². The van der Waals surface area contributed by atoms with Gasteiger partial charge in [-0.2, -0.15) is 0 Å². The van der Waals surface area contributed by atoms with E-state index in [9.17, 15) is 9.59 Å². The minimum Gasteiger partial charge on any atom is -0.326 e. The Bertz CT molecular complexity index is 682. The second-order valence-electron chi connectivity index (χ2n) is 5.06. The molecule has 0 saturated heterocycles. The van der Waals surface area contributed by atoms with Gasteiger partial charge in [-0.05, 0) is 24.1 Å². The van der Waals surface area contributed by atoms with Crippen LogP contribution >= 0.6 is 11.3 Å². The molecule has 0 unspecified atom stereocenters. The highest BCUT2D eigenvalue weighted by Gasteiger charge is 2.09. The Balaban J connectivity index is 1.97. The van der Waals surface area contributed by atoms with Crippen LogP contribution in [0, 0.1) is 0 Å². The van der Waals surface area contributed by atoms with Gasteiger partial charge in [-0.25, -0.2) is 9.78 Å². The fourth-order valence-corrected chi connectivity index (χ4v) is 2.56. The third-order valence-corrected chi connectivity index (χ3v) is 3.97. The number of anilines is 3. The van der Waals surface area contributed by atoms with Crippen molar-refractivity contribution in [2.45, 2.75) is 26.7 Å². The molecule has 2 aromatic rings. The molecule has 3 N–H and O–H groups in total. The summed E-state index contributed by atoms with van der Waals surface area (Å²) in [6.07, 6.45) is 1.77. The van der Waals surface area contributed by atoms with Crippen LogP contribution in [0.2, 0.25) is 0 Å². The lowest BCUT2D eigenvalue weighted by Gasteiger charge is -2.08. The second kappa shape index (κ2) is 7.04. The number of rotatable bonds is 4. The minimum absolute atomic E-state index is 0.161. The summed E-state index contributed by atoms with van der Waals surface area (Å²) in [5.74, 6) is 0.219. The van der Waals surface area contributed by atoms with Crippen molar-refractivity contribution < 1.29 is 9.59 Å². The van der Waals surface area contributed by atoms with E-state index in [2.05, 4.69) is 34.8 Å². The predicted molar refractivity (Wildman–Crippen MR) is 89.6 cm³/mol. The molecule has 22 heavy (non-hydrogen) atoms. The van der Waals surface area contributed by atoms with Crippen LogP contribution in [0.4, 0.5) is 21.3 Å². The molecule has 6 nitrogen and oxygen atoms in total. The zero-order chi connectivity index (χ0) is 16.1. The van der Waals surface area contributed by atoms with Crippen LogP contribution in [0.15, 0.2) is 30.5 Å². The average molecular weight is 318 g/mol. The van der Waals surface area contributed by atoms with Gasteiger partial charge in [0.1, 0.15) is 0 Å². The van der Waals surface area contributed by atoms with Gasteiger partial charge in [0, 0.05) is 29.4 Å². The van der Waals surface area contributed by atoms with Crippen molar-refractivity contribution in [3.05, 3.63) is 35.3 Å². The smallest absolute Gasteiger partial charge is 0.325 e. The number of urea groups is 1. The highest BCUT2D eigenvalue weighted by molar-refractivity contribution is 7.15. The summed E-state index contributed by atoms with van der Waals surface area (Å²) in [6, 6.07) is 6.56. The molecule has 7 heteroatoms. The third-order valence-electron chi connectivity index (χ3n) is 2.75. The Morgan fingerprint density at radius 1 is 1.14 bits per heavy atom. The number of aromatic nitrogens is 1. The number of carbonyl (C=O) groups is 2. The maximum absolute atomic E-state index is 12.0. The predicted octanol–water partition coefficient (Wildman–Crippen LogP) is 3.87. The number of carbonyl (C=O) groups excluding carboxylic acids is 2. The van der Waals surface area contributed by atoms with Crippen LogP contribution in [0.3, 0.4) is 0 Å². The number of amides is 3. The Kier molecular flexibility index (Phi) is 5.11. The molecule has 2 rings (SSSR count). The lowest BCUT2D eigenvalue weighted by molar-refractivity contribution is -0.114. The number of hydrogen-bond donors (Lipinski definition) is 3. The zero-order valence-corrected chi connectivity index (χ0v) is 13.5. The molecule has 1 heterocycles. The Morgan fingerprint density at radius 3 is 2.41 bits per heavy atom. The molecular formula is C15H18N4O2S. The quantitative estimate of drug-likeness (QED) is 0.800. The van der Waals surface area contributed by atoms with Crippen molar-refractivity contribution in [3.63, 3.8) is 0 Å². The molecule has 0 aliphatic rings. The van der Waals surface area contributed by atoms with Gasteiger partial charge in [0.2, 0.25) is 5.91 Å². The first-order chi connectivity index (χ1) is 10.4. The molecule has 116 valence electrons. The van der Waals surface area contributed by atoms with Crippen molar-refractivity contribution in [1.82, 2.24) is 4.98 Å². The lowest BCUT2D eigenvalue weighted by atomic mass is 10.2. The maximum Gasteiger partial charge on any atom is 0.325 e. The fraction of sp³-hybridized carbons (Fsp3) is 0.267. The van der Waals surface area contributed by atoms with Gasteiger partial charge in [-0.1, -0.05) is 19.9 Å². The summed E-state index contributed by atoms with van der Waals surface area (Å²) in [7, 11) is 0. The van der Waals surface area contributed by atoms with Gasteiger partial charge in [0.05, 0.1) is 0 Å². The van der Waals surface area contributed by atoms with Gasteiger partial charge in [0.25, 0.3) is 0 Å². The van der Waals surface area contributed by atoms with Crippen LogP contribution in [0.25, 0.3) is 0 Å². The molecule has 1 aromatic heterocycles. The molecule has 3 amide bonds. The maximum atomic E-state index is 12.0. The molecule has 0 radical (unpaired) electrons. The zero-order valence-electron chi connectivity index (χ0n) is 12.6. The summed E-state index contributed by atoms with van der Waals surface area (Å²) in [5.41, 5.74) is 1.21. The fourth-order valence-electron chi connectivity index (χ4n) is 1.75. The monoisotopic (exact) mass is 318 g/mol. The molecule has 0 fully saturated rings. The van der Waals surface area contributed by atoms with Crippen LogP contribution in [-0.2, 0) is 4.79 Å². The second-order valence-corrected chi connectivity index (χ2v) is 6.13. The van der Waals surface area contributed by atoms with E-state index in [1.807, 2.05) is 0 Å². The van der Waals surface area contributed by atoms with E-state index in [1.54, 1.807) is 30.5 Å². The lowest BCUT2D eigenvalue weighted by Crippen LogP contribution is -2.19. The van der Waals surface area contributed by atoms with Crippen LogP contribution in [-0.4, -0.2) is 16.9 Å². The molecular weight excluding hydrogens is 300 g/mol. The number of benzene rings is 1. The van der Waals surface area contributed by atoms with E-state index in [1.165, 1.54) is 18.3 Å². The van der Waals surface area contributed by atoms with Crippen LogP contribution in [0.1, 0.15) is 31.6 Å². The first-order valence-electron chi connectivity index (χ1n) is 6.85. The van der Waals surface area contributed by atoms with Crippen LogP contribution in [0.5, 0.6) is 0 Å². The standard InChI is InChI=1S/C15H18N4O2S/c1-9(2)13-8-16-15(22-13)19-14(21)18-12-6-4-5-11(7-12)17-10(3)20/h4-9H,1-3H3,(H,17,20)(H2,16,18,19,21). The van der Waals surface area contributed by atoms with Gasteiger partial charge < -0.3 is 10.6 Å². The number of hydrogen-bond acceptors (Lipinski definition) is 4. The summed E-state index contributed by atoms with van der Waals surface area (Å²) < 4.78 is 0. The third kappa shape index (κ3) is 4.56. The van der Waals surface area contributed by atoms with E-state index < -0.39 is 0 Å². The van der Waals surface area contributed by atoms with Crippen molar-refractivity contribution in [2.75, 3.05) is 16.0 Å². The molecule has 0 aliphatic heterocycles. The van der Waals surface area contributed by atoms with Crippen molar-refractivity contribution >= 4 is 39.8 Å². The molecule has 0 spiro atoms. The van der Waals surface area contributed by atoms with Crippen molar-refractivity contribution in [1.29, 1.82) is 0 Å². The summed E-state index contributed by atoms with van der Waals surface area (Å²) >= 11 is 1.45. The Labute approximate surface area is 133 Å². The Morgan fingerprint density at radius 2 is 1.82 bits per heavy atom. The first kappa shape index (κ1) is 16.0. The summed E-state index contributed by atoms with van der Waals surface area (Å²) in [5, 5.41) is 8.62.